The van der Waals surface area contributed by atoms with Gasteiger partial charge in [-0.15, -0.1) is 0 Å². The molecule has 180 valence electrons. The SMILES string of the molecule is CCOC(=O)C1CCCN(C(=O)C(C)N2CCC(C(=O)c3ccc4c(c3)OCCO4)CC2)C1. The number of esters is 1. The molecule has 2 unspecified atom stereocenters. The minimum atomic E-state index is -0.267. The monoisotopic (exact) mass is 458 g/mol. The van der Waals surface area contributed by atoms with Gasteiger partial charge < -0.3 is 19.1 Å². The fourth-order valence-corrected chi connectivity index (χ4v) is 5.03. The van der Waals surface area contributed by atoms with E-state index in [1.54, 1.807) is 19.1 Å². The third-order valence-electron chi connectivity index (χ3n) is 6.99. The lowest BCUT2D eigenvalue weighted by Gasteiger charge is -2.39. The van der Waals surface area contributed by atoms with Crippen molar-refractivity contribution in [2.45, 2.75) is 45.6 Å². The van der Waals surface area contributed by atoms with Gasteiger partial charge in [0.15, 0.2) is 17.3 Å². The molecule has 3 heterocycles. The average molecular weight is 459 g/mol. The van der Waals surface area contributed by atoms with E-state index in [0.717, 1.165) is 25.7 Å². The minimum absolute atomic E-state index is 0.0561. The number of amides is 1. The van der Waals surface area contributed by atoms with Crippen molar-refractivity contribution >= 4 is 17.7 Å². The topological polar surface area (TPSA) is 85.4 Å². The highest BCUT2D eigenvalue weighted by Crippen LogP contribution is 2.33. The summed E-state index contributed by atoms with van der Waals surface area (Å²) in [6, 6.07) is 5.13. The highest BCUT2D eigenvalue weighted by molar-refractivity contribution is 5.98. The lowest BCUT2D eigenvalue weighted by Crippen LogP contribution is -2.53. The van der Waals surface area contributed by atoms with Crippen LogP contribution < -0.4 is 9.47 Å². The van der Waals surface area contributed by atoms with Crippen LogP contribution in [-0.4, -0.2) is 79.5 Å². The zero-order valence-electron chi connectivity index (χ0n) is 19.6. The highest BCUT2D eigenvalue weighted by atomic mass is 16.6. The molecular formula is C25H34N2O6. The van der Waals surface area contributed by atoms with Crippen LogP contribution in [0.5, 0.6) is 11.5 Å². The predicted octanol–water partition coefficient (Wildman–Crippen LogP) is 2.54. The van der Waals surface area contributed by atoms with Gasteiger partial charge in [-0.25, -0.2) is 0 Å². The summed E-state index contributed by atoms with van der Waals surface area (Å²) in [5.41, 5.74) is 0.653. The molecule has 33 heavy (non-hydrogen) atoms. The molecule has 0 bridgehead atoms. The first-order valence-corrected chi connectivity index (χ1v) is 12.1. The van der Waals surface area contributed by atoms with Crippen LogP contribution in [-0.2, 0) is 14.3 Å². The third kappa shape index (κ3) is 5.32. The van der Waals surface area contributed by atoms with Crippen LogP contribution in [0.1, 0.15) is 49.9 Å². The number of likely N-dealkylation sites (tertiary alicyclic amines) is 2. The molecule has 3 aliphatic heterocycles. The molecule has 0 spiro atoms. The number of benzene rings is 1. The fourth-order valence-electron chi connectivity index (χ4n) is 5.03. The van der Waals surface area contributed by atoms with Gasteiger partial charge in [0.1, 0.15) is 13.2 Å². The van der Waals surface area contributed by atoms with Crippen molar-refractivity contribution in [2.75, 3.05) is 46.0 Å². The molecule has 1 amide bonds. The Labute approximate surface area is 195 Å². The van der Waals surface area contributed by atoms with Crippen LogP contribution in [0.4, 0.5) is 0 Å². The molecule has 3 aliphatic rings. The van der Waals surface area contributed by atoms with Crippen LogP contribution in [0.25, 0.3) is 0 Å². The molecule has 0 aromatic heterocycles. The van der Waals surface area contributed by atoms with E-state index in [-0.39, 0.29) is 35.5 Å². The van der Waals surface area contributed by atoms with Gasteiger partial charge in [-0.05, 0) is 70.8 Å². The number of fused-ring (bicyclic) bond motifs is 1. The maximum absolute atomic E-state index is 13.1. The van der Waals surface area contributed by atoms with Crippen LogP contribution in [0, 0.1) is 11.8 Å². The molecule has 2 fully saturated rings. The van der Waals surface area contributed by atoms with E-state index in [4.69, 9.17) is 14.2 Å². The number of piperidine rings is 2. The van der Waals surface area contributed by atoms with Crippen LogP contribution >= 0.6 is 0 Å². The molecule has 4 rings (SSSR count). The van der Waals surface area contributed by atoms with Crippen molar-refractivity contribution in [2.24, 2.45) is 11.8 Å². The van der Waals surface area contributed by atoms with Crippen molar-refractivity contribution < 1.29 is 28.6 Å². The summed E-state index contributed by atoms with van der Waals surface area (Å²) in [5, 5.41) is 0. The number of nitrogens with zero attached hydrogens (tertiary/aromatic N) is 2. The first-order valence-electron chi connectivity index (χ1n) is 12.1. The second-order valence-corrected chi connectivity index (χ2v) is 9.08. The Kier molecular flexibility index (Phi) is 7.53. The Morgan fingerprint density at radius 2 is 1.76 bits per heavy atom. The molecule has 1 aromatic rings. The van der Waals surface area contributed by atoms with E-state index in [2.05, 4.69) is 4.90 Å². The summed E-state index contributed by atoms with van der Waals surface area (Å²) in [4.78, 5) is 42.3. The first-order chi connectivity index (χ1) is 16.0. The molecule has 8 nitrogen and oxygen atoms in total. The Hall–Kier alpha value is -2.61. The minimum Gasteiger partial charge on any atom is -0.486 e. The number of ether oxygens (including phenoxy) is 3. The Morgan fingerprint density at radius 1 is 1.03 bits per heavy atom. The molecule has 1 aromatic carbocycles. The van der Waals surface area contributed by atoms with Gasteiger partial charge in [0.2, 0.25) is 5.91 Å². The van der Waals surface area contributed by atoms with E-state index in [1.165, 1.54) is 0 Å². The zero-order valence-corrected chi connectivity index (χ0v) is 19.6. The lowest BCUT2D eigenvalue weighted by atomic mass is 9.88. The Bertz CT molecular complexity index is 880. The van der Waals surface area contributed by atoms with Gasteiger partial charge in [-0.3, -0.25) is 19.3 Å². The molecule has 8 heteroatoms. The summed E-state index contributed by atoms with van der Waals surface area (Å²) in [6.07, 6.45) is 3.02. The second kappa shape index (κ2) is 10.5. The number of carbonyl (C=O) groups is 3. The molecule has 0 N–H and O–H groups in total. The van der Waals surface area contributed by atoms with Crippen molar-refractivity contribution in [1.29, 1.82) is 0 Å². The van der Waals surface area contributed by atoms with E-state index < -0.39 is 0 Å². The second-order valence-electron chi connectivity index (χ2n) is 9.08. The standard InChI is InChI=1S/C25H34N2O6/c1-3-31-25(30)20-5-4-10-27(16-20)24(29)17(2)26-11-8-18(9-12-26)23(28)19-6-7-21-22(15-19)33-14-13-32-21/h6-7,15,17-18,20H,3-5,8-14,16H2,1-2H3. The molecular weight excluding hydrogens is 424 g/mol. The van der Waals surface area contributed by atoms with Gasteiger partial charge >= 0.3 is 5.97 Å². The fraction of sp³-hybridized carbons (Fsp3) is 0.640. The molecule has 0 aliphatic carbocycles. The number of ketones is 1. The number of carbonyl (C=O) groups excluding carboxylic acids is 3. The molecule has 2 atom stereocenters. The van der Waals surface area contributed by atoms with Gasteiger partial charge in [-0.2, -0.15) is 0 Å². The predicted molar refractivity (Wildman–Crippen MR) is 121 cm³/mol. The third-order valence-corrected chi connectivity index (χ3v) is 6.99. The number of hydrogen-bond acceptors (Lipinski definition) is 7. The Balaban J connectivity index is 1.30. The summed E-state index contributed by atoms with van der Waals surface area (Å²) in [5.74, 6) is 0.994. The van der Waals surface area contributed by atoms with Gasteiger partial charge in [0.05, 0.1) is 18.6 Å². The summed E-state index contributed by atoms with van der Waals surface area (Å²) >= 11 is 0. The van der Waals surface area contributed by atoms with Gasteiger partial charge in [0.25, 0.3) is 0 Å². The van der Waals surface area contributed by atoms with E-state index in [1.807, 2.05) is 17.9 Å². The molecule has 0 radical (unpaired) electrons. The van der Waals surface area contributed by atoms with Crippen molar-refractivity contribution in [3.63, 3.8) is 0 Å². The van der Waals surface area contributed by atoms with Crippen molar-refractivity contribution in [3.8, 4) is 11.5 Å². The van der Waals surface area contributed by atoms with Crippen molar-refractivity contribution in [1.82, 2.24) is 9.80 Å². The van der Waals surface area contributed by atoms with Crippen LogP contribution in [0.15, 0.2) is 18.2 Å². The maximum atomic E-state index is 13.1. The zero-order chi connectivity index (χ0) is 23.4. The molecule has 2 saturated heterocycles. The summed E-state index contributed by atoms with van der Waals surface area (Å²) in [6.45, 7) is 7.61. The highest BCUT2D eigenvalue weighted by Gasteiger charge is 2.35. The smallest absolute Gasteiger partial charge is 0.310 e. The van der Waals surface area contributed by atoms with E-state index in [9.17, 15) is 14.4 Å². The summed E-state index contributed by atoms with van der Waals surface area (Å²) in [7, 11) is 0. The molecule has 0 saturated carbocycles. The van der Waals surface area contributed by atoms with E-state index in [0.29, 0.717) is 63.1 Å². The van der Waals surface area contributed by atoms with Crippen molar-refractivity contribution in [3.05, 3.63) is 23.8 Å². The van der Waals surface area contributed by atoms with Crippen LogP contribution in [0.2, 0.25) is 0 Å². The summed E-state index contributed by atoms with van der Waals surface area (Å²) < 4.78 is 16.3. The maximum Gasteiger partial charge on any atom is 0.310 e. The van der Waals surface area contributed by atoms with E-state index >= 15 is 0 Å². The van der Waals surface area contributed by atoms with Crippen LogP contribution in [0.3, 0.4) is 0 Å². The van der Waals surface area contributed by atoms with Gasteiger partial charge in [-0.1, -0.05) is 0 Å². The number of Topliss-reactive ketones (excluding diaryl/α,β-unsaturated/α-hetero) is 1. The normalized spacial score (nSPS) is 22.5. The first kappa shape index (κ1) is 23.5. The quantitative estimate of drug-likeness (QED) is 0.478. The Morgan fingerprint density at radius 3 is 2.48 bits per heavy atom. The largest absolute Gasteiger partial charge is 0.486 e. The van der Waals surface area contributed by atoms with Gasteiger partial charge in [0, 0.05) is 24.6 Å². The number of rotatable bonds is 6. The number of hydrogen-bond donors (Lipinski definition) is 0. The lowest BCUT2D eigenvalue weighted by molar-refractivity contribution is -0.152. The average Bonchev–Trinajstić information content (AvgIpc) is 2.87.